The molecule has 0 aromatic rings. The molecule has 0 heterocycles. The maximum absolute atomic E-state index is 12.8. The summed E-state index contributed by atoms with van der Waals surface area (Å²) in [6.07, 6.45) is 2.11. The van der Waals surface area contributed by atoms with Crippen molar-refractivity contribution in [2.24, 2.45) is 23.2 Å². The van der Waals surface area contributed by atoms with Gasteiger partial charge >= 0.3 is 0 Å². The Hall–Kier alpha value is 0.615. The van der Waals surface area contributed by atoms with Gasteiger partial charge in [-0.25, -0.2) is 0 Å². The number of thiol groups is 1. The minimum Gasteiger partial charge on any atom is -0.345 e. The Morgan fingerprint density at radius 2 is 1.50 bits per heavy atom. The maximum atomic E-state index is 12.8. The van der Waals surface area contributed by atoms with Crippen molar-refractivity contribution < 1.29 is 4.79 Å². The van der Waals surface area contributed by atoms with Gasteiger partial charge in [0.05, 0.1) is 5.37 Å². The molecule has 0 aromatic carbocycles. The molecular formula is C21H43BINOS. The normalized spacial score (nSPS) is 18.8. The first-order valence-corrected chi connectivity index (χ1v) is 12.0. The van der Waals surface area contributed by atoms with Gasteiger partial charge in [-0.15, -0.1) is 0 Å². The third-order valence-corrected chi connectivity index (χ3v) is 7.80. The van der Waals surface area contributed by atoms with Crippen LogP contribution in [0.4, 0.5) is 0 Å². The molecule has 2 nitrogen and oxygen atoms in total. The van der Waals surface area contributed by atoms with Crippen molar-refractivity contribution in [2.45, 2.75) is 103 Å². The van der Waals surface area contributed by atoms with E-state index in [4.69, 9.17) is 12.6 Å². The van der Waals surface area contributed by atoms with E-state index >= 15 is 0 Å². The highest BCUT2D eigenvalue weighted by atomic mass is 127. The van der Waals surface area contributed by atoms with Crippen LogP contribution in [0.2, 0.25) is 11.1 Å². The number of halogens is 1. The molecule has 0 saturated carbocycles. The van der Waals surface area contributed by atoms with Crippen molar-refractivity contribution in [3.63, 3.8) is 0 Å². The average Bonchev–Trinajstić information content (AvgIpc) is 2.44. The minimum atomic E-state index is -0.356. The first kappa shape index (κ1) is 26.6. The molecule has 0 bridgehead atoms. The fourth-order valence-electron chi connectivity index (χ4n) is 3.71. The summed E-state index contributed by atoms with van der Waals surface area (Å²) in [4.78, 5) is 12.8. The molecule has 0 aromatic heterocycles. The summed E-state index contributed by atoms with van der Waals surface area (Å²) in [5, 5.41) is 3.35. The SMILES string of the molecule is CC(C)C(C)CC(C)(C)C(=O)NC(S)C(C)BC(C)(C)CC(C)C(C)I. The summed E-state index contributed by atoms with van der Waals surface area (Å²) >= 11 is 7.26. The standard InChI is InChI=1S/C21H43BINOS/c1-13(2)14(3)11-20(7,8)19(25)24-18(26)16(5)22-21(9,10)12-15(4)17(6)23/h13-18,22,26H,11-12H2,1-10H3,(H,24,25). The maximum Gasteiger partial charge on any atom is 0.226 e. The lowest BCUT2D eigenvalue weighted by molar-refractivity contribution is -0.130. The number of alkyl halides is 1. The molecule has 0 saturated heterocycles. The highest BCUT2D eigenvalue weighted by molar-refractivity contribution is 14.1. The van der Waals surface area contributed by atoms with Crippen LogP contribution in [-0.2, 0) is 4.79 Å². The zero-order valence-corrected chi connectivity index (χ0v) is 21.9. The molecule has 1 N–H and O–H groups in total. The van der Waals surface area contributed by atoms with E-state index in [9.17, 15) is 4.79 Å². The van der Waals surface area contributed by atoms with Crippen LogP contribution in [0.5, 0.6) is 0 Å². The largest absolute Gasteiger partial charge is 0.345 e. The Bertz CT molecular complexity index is 440. The highest BCUT2D eigenvalue weighted by Gasteiger charge is 2.34. The van der Waals surface area contributed by atoms with E-state index in [1.165, 1.54) is 6.42 Å². The zero-order valence-electron chi connectivity index (χ0n) is 18.8. The minimum absolute atomic E-state index is 0.0947. The third kappa shape index (κ3) is 9.70. The lowest BCUT2D eigenvalue weighted by Gasteiger charge is -2.34. The van der Waals surface area contributed by atoms with Gasteiger partial charge < -0.3 is 5.32 Å². The quantitative estimate of drug-likeness (QED) is 0.113. The van der Waals surface area contributed by atoms with Crippen molar-refractivity contribution in [1.29, 1.82) is 0 Å². The van der Waals surface area contributed by atoms with E-state index in [1.807, 2.05) is 0 Å². The lowest BCUT2D eigenvalue weighted by Crippen LogP contribution is -2.44. The number of nitrogens with one attached hydrogen (secondary N) is 1. The van der Waals surface area contributed by atoms with Crippen LogP contribution >= 0.6 is 35.2 Å². The fourth-order valence-corrected chi connectivity index (χ4v) is 4.18. The first-order chi connectivity index (χ1) is 11.6. The Morgan fingerprint density at radius 3 is 1.92 bits per heavy atom. The Balaban J connectivity index is 4.74. The second kappa shape index (κ2) is 11.0. The van der Waals surface area contributed by atoms with E-state index in [-0.39, 0.29) is 22.0 Å². The van der Waals surface area contributed by atoms with Crippen molar-refractivity contribution in [1.82, 2.24) is 5.32 Å². The van der Waals surface area contributed by atoms with Gasteiger partial charge in [-0.2, -0.15) is 12.6 Å². The van der Waals surface area contributed by atoms with E-state index in [0.29, 0.717) is 27.5 Å². The molecule has 0 rings (SSSR count). The molecule has 0 fully saturated rings. The number of hydrogen-bond acceptors (Lipinski definition) is 2. The summed E-state index contributed by atoms with van der Waals surface area (Å²) < 4.78 is 0.678. The third-order valence-electron chi connectivity index (χ3n) is 5.94. The van der Waals surface area contributed by atoms with Crippen molar-refractivity contribution >= 4 is 48.4 Å². The topological polar surface area (TPSA) is 29.1 Å². The van der Waals surface area contributed by atoms with Gasteiger partial charge in [0.1, 0.15) is 7.28 Å². The zero-order chi connectivity index (χ0) is 20.9. The molecule has 154 valence electrons. The van der Waals surface area contributed by atoms with Gasteiger partial charge in [-0.05, 0) is 30.0 Å². The number of rotatable bonds is 11. The first-order valence-electron chi connectivity index (χ1n) is 10.2. The van der Waals surface area contributed by atoms with Crippen LogP contribution in [0.1, 0.15) is 82.1 Å². The van der Waals surface area contributed by atoms with E-state index in [1.54, 1.807) is 0 Å². The number of carbonyl (C=O) groups is 1. The monoisotopic (exact) mass is 495 g/mol. The molecule has 0 spiro atoms. The molecule has 5 atom stereocenters. The predicted octanol–water partition coefficient (Wildman–Crippen LogP) is 6.36. The number of hydrogen-bond donors (Lipinski definition) is 2. The Kier molecular flexibility index (Phi) is 11.2. The van der Waals surface area contributed by atoms with E-state index in [2.05, 4.69) is 97.1 Å². The predicted molar refractivity (Wildman–Crippen MR) is 131 cm³/mol. The van der Waals surface area contributed by atoms with E-state index in [0.717, 1.165) is 13.7 Å². The summed E-state index contributed by atoms with van der Waals surface area (Å²) in [7, 11) is 1.07. The van der Waals surface area contributed by atoms with Gasteiger partial charge in [0.25, 0.3) is 0 Å². The van der Waals surface area contributed by atoms with Crippen LogP contribution in [0, 0.1) is 23.2 Å². The van der Waals surface area contributed by atoms with Crippen LogP contribution in [0.15, 0.2) is 0 Å². The van der Waals surface area contributed by atoms with Crippen LogP contribution in [-0.4, -0.2) is 22.5 Å². The molecule has 5 unspecified atom stereocenters. The van der Waals surface area contributed by atoms with Crippen LogP contribution in [0.25, 0.3) is 0 Å². The second-order valence-electron chi connectivity index (χ2n) is 10.4. The molecule has 0 aliphatic carbocycles. The van der Waals surface area contributed by atoms with E-state index < -0.39 is 0 Å². The summed E-state index contributed by atoms with van der Waals surface area (Å²) in [6.45, 7) is 22.3. The average molecular weight is 495 g/mol. The van der Waals surface area contributed by atoms with Gasteiger partial charge in [0.15, 0.2) is 0 Å². The summed E-state index contributed by atoms with van der Waals surface area (Å²) in [6, 6.07) is 0. The molecule has 0 aliphatic rings. The second-order valence-corrected chi connectivity index (χ2v) is 13.0. The van der Waals surface area contributed by atoms with Gasteiger partial charge in [-0.3, -0.25) is 4.79 Å². The molecule has 26 heavy (non-hydrogen) atoms. The van der Waals surface area contributed by atoms with Crippen LogP contribution < -0.4 is 5.32 Å². The molecule has 0 aliphatic heterocycles. The smallest absolute Gasteiger partial charge is 0.226 e. The summed E-state index contributed by atoms with van der Waals surface area (Å²) in [5.74, 6) is 2.29. The lowest BCUT2D eigenvalue weighted by atomic mass is 9.45. The van der Waals surface area contributed by atoms with Crippen molar-refractivity contribution in [3.8, 4) is 0 Å². The van der Waals surface area contributed by atoms with Crippen LogP contribution in [0.3, 0.4) is 0 Å². The molecule has 0 radical (unpaired) electrons. The number of carbonyl (C=O) groups excluding carboxylic acids is 1. The molecular weight excluding hydrogens is 452 g/mol. The van der Waals surface area contributed by atoms with Gasteiger partial charge in [-0.1, -0.05) is 104 Å². The van der Waals surface area contributed by atoms with Crippen molar-refractivity contribution in [3.05, 3.63) is 0 Å². The van der Waals surface area contributed by atoms with Gasteiger partial charge in [0.2, 0.25) is 5.91 Å². The fraction of sp³-hybridized carbons (Fsp3) is 0.952. The molecule has 1 amide bonds. The Labute approximate surface area is 183 Å². The number of amides is 1. The highest BCUT2D eigenvalue weighted by Crippen LogP contribution is 2.38. The summed E-state index contributed by atoms with van der Waals surface area (Å²) in [5.41, 5.74) is -0.356. The van der Waals surface area contributed by atoms with Crippen molar-refractivity contribution in [2.75, 3.05) is 0 Å². The molecule has 5 heteroatoms. The van der Waals surface area contributed by atoms with Gasteiger partial charge in [0, 0.05) is 9.34 Å². The Morgan fingerprint density at radius 1 is 1.00 bits per heavy atom.